The first-order valence-corrected chi connectivity index (χ1v) is 5.86. The molecule has 0 aliphatic carbocycles. The van der Waals surface area contributed by atoms with Gasteiger partial charge in [0, 0.05) is 16.3 Å². The minimum Gasteiger partial charge on any atom is -0.375 e. The van der Waals surface area contributed by atoms with Gasteiger partial charge in [0.1, 0.15) is 0 Å². The summed E-state index contributed by atoms with van der Waals surface area (Å²) < 4.78 is 1.12. The molecule has 0 aliphatic rings. The molecule has 14 heavy (non-hydrogen) atoms. The molecule has 0 radical (unpaired) electrons. The highest BCUT2D eigenvalue weighted by Gasteiger charge is 2.03. The maximum atomic E-state index is 5.57. The molecular weight excluding hydrogens is 260 g/mol. The van der Waals surface area contributed by atoms with Gasteiger partial charge in [-0.25, -0.2) is 4.98 Å². The Labute approximate surface area is 94.9 Å². The molecule has 1 aromatic carbocycles. The van der Waals surface area contributed by atoms with Crippen LogP contribution in [-0.4, -0.2) is 4.98 Å². The topological polar surface area (TPSA) is 38.9 Å². The minimum atomic E-state index is 0.632. The van der Waals surface area contributed by atoms with Crippen LogP contribution in [0, 0.1) is 0 Å². The lowest BCUT2D eigenvalue weighted by Gasteiger charge is -2.00. The van der Waals surface area contributed by atoms with E-state index in [4.69, 9.17) is 5.73 Å². The normalized spacial score (nSPS) is 10.4. The van der Waals surface area contributed by atoms with Crippen LogP contribution in [0.15, 0.2) is 34.1 Å². The molecule has 1 aromatic heterocycles. The quantitative estimate of drug-likeness (QED) is 0.909. The van der Waals surface area contributed by atoms with E-state index in [0.717, 1.165) is 16.6 Å². The lowest BCUT2D eigenvalue weighted by Crippen LogP contribution is -1.90. The Morgan fingerprint density at radius 2 is 2.14 bits per heavy atom. The van der Waals surface area contributed by atoms with Crippen LogP contribution >= 0.6 is 27.3 Å². The summed E-state index contributed by atoms with van der Waals surface area (Å²) in [6, 6.07) is 8.14. The highest BCUT2D eigenvalue weighted by Crippen LogP contribution is 2.21. The molecule has 4 heteroatoms. The van der Waals surface area contributed by atoms with Crippen molar-refractivity contribution in [2.24, 2.45) is 0 Å². The maximum Gasteiger partial charge on any atom is 0.180 e. The van der Waals surface area contributed by atoms with Crippen molar-refractivity contribution in [2.75, 3.05) is 5.73 Å². The second-order valence-electron chi connectivity index (χ2n) is 2.95. The first-order chi connectivity index (χ1) is 6.75. The molecule has 0 fully saturated rings. The molecular formula is C10H9BrN2S. The summed E-state index contributed by atoms with van der Waals surface area (Å²) in [4.78, 5) is 4.22. The number of nitrogens with zero attached hydrogens (tertiary/aromatic N) is 1. The Balaban J connectivity index is 2.23. The summed E-state index contributed by atoms with van der Waals surface area (Å²) in [6.45, 7) is 0. The van der Waals surface area contributed by atoms with Crippen molar-refractivity contribution in [1.82, 2.24) is 4.98 Å². The Bertz CT molecular complexity index is 439. The van der Waals surface area contributed by atoms with Crippen molar-refractivity contribution < 1.29 is 0 Å². The van der Waals surface area contributed by atoms with Gasteiger partial charge in [0.05, 0.1) is 5.69 Å². The third kappa shape index (κ3) is 2.13. The van der Waals surface area contributed by atoms with E-state index >= 15 is 0 Å². The van der Waals surface area contributed by atoms with Crippen LogP contribution in [0.4, 0.5) is 5.13 Å². The van der Waals surface area contributed by atoms with E-state index in [0.29, 0.717) is 5.13 Å². The van der Waals surface area contributed by atoms with Gasteiger partial charge in [-0.3, -0.25) is 0 Å². The second-order valence-corrected chi connectivity index (χ2v) is 4.69. The fourth-order valence-corrected chi connectivity index (χ4v) is 2.23. The minimum absolute atomic E-state index is 0.632. The van der Waals surface area contributed by atoms with Gasteiger partial charge >= 0.3 is 0 Å². The molecule has 0 amide bonds. The average molecular weight is 269 g/mol. The summed E-state index contributed by atoms with van der Waals surface area (Å²) >= 11 is 4.99. The zero-order chi connectivity index (χ0) is 9.97. The molecule has 0 bridgehead atoms. The van der Waals surface area contributed by atoms with Crippen LogP contribution in [0.3, 0.4) is 0 Å². The maximum absolute atomic E-state index is 5.57. The number of hydrogen-bond acceptors (Lipinski definition) is 3. The summed E-state index contributed by atoms with van der Waals surface area (Å²) in [6.07, 6.45) is 0.828. The summed E-state index contributed by atoms with van der Waals surface area (Å²) in [5.74, 6) is 0. The number of hydrogen-bond donors (Lipinski definition) is 1. The number of halogens is 1. The van der Waals surface area contributed by atoms with Gasteiger partial charge < -0.3 is 5.73 Å². The number of aromatic nitrogens is 1. The third-order valence-corrected chi connectivity index (χ3v) is 3.40. The van der Waals surface area contributed by atoms with Crippen molar-refractivity contribution in [3.8, 4) is 0 Å². The lowest BCUT2D eigenvalue weighted by atomic mass is 10.1. The molecule has 1 heterocycles. The van der Waals surface area contributed by atoms with Crippen molar-refractivity contribution in [3.05, 3.63) is 45.4 Å². The first-order valence-electron chi connectivity index (χ1n) is 4.19. The Morgan fingerprint density at radius 1 is 1.36 bits per heavy atom. The fourth-order valence-electron chi connectivity index (χ4n) is 1.24. The molecule has 0 saturated heterocycles. The van der Waals surface area contributed by atoms with Gasteiger partial charge in [0.15, 0.2) is 5.13 Å². The van der Waals surface area contributed by atoms with E-state index < -0.39 is 0 Å². The van der Waals surface area contributed by atoms with Crippen molar-refractivity contribution in [3.63, 3.8) is 0 Å². The van der Waals surface area contributed by atoms with Crippen LogP contribution in [-0.2, 0) is 6.42 Å². The van der Waals surface area contributed by atoms with E-state index in [2.05, 4.69) is 27.0 Å². The van der Waals surface area contributed by atoms with E-state index in [-0.39, 0.29) is 0 Å². The molecule has 0 spiro atoms. The summed E-state index contributed by atoms with van der Waals surface area (Å²) in [7, 11) is 0. The number of anilines is 1. The molecule has 2 rings (SSSR count). The second kappa shape index (κ2) is 4.11. The van der Waals surface area contributed by atoms with Crippen molar-refractivity contribution in [1.29, 1.82) is 0 Å². The predicted molar refractivity (Wildman–Crippen MR) is 63.5 cm³/mol. The standard InChI is InChI=1S/C10H9BrN2S/c11-9-4-2-1-3-7(9)5-8-6-14-10(12)13-8/h1-4,6H,5H2,(H2,12,13). The largest absolute Gasteiger partial charge is 0.375 e. The Kier molecular flexibility index (Phi) is 2.84. The van der Waals surface area contributed by atoms with E-state index in [1.807, 2.05) is 23.6 Å². The van der Waals surface area contributed by atoms with Gasteiger partial charge in [-0.05, 0) is 11.6 Å². The molecule has 0 saturated carbocycles. The number of thiazole rings is 1. The number of nitrogens with two attached hydrogens (primary N) is 1. The molecule has 2 N–H and O–H groups in total. The average Bonchev–Trinajstić information content (AvgIpc) is 2.56. The SMILES string of the molecule is Nc1nc(Cc2ccccc2Br)cs1. The van der Waals surface area contributed by atoms with Crippen LogP contribution in [0.1, 0.15) is 11.3 Å². The van der Waals surface area contributed by atoms with Crippen LogP contribution in [0.5, 0.6) is 0 Å². The van der Waals surface area contributed by atoms with Crippen LogP contribution in [0.25, 0.3) is 0 Å². The van der Waals surface area contributed by atoms with Gasteiger partial charge in [-0.1, -0.05) is 34.1 Å². The van der Waals surface area contributed by atoms with E-state index in [9.17, 15) is 0 Å². The predicted octanol–water partition coefficient (Wildman–Crippen LogP) is 3.08. The van der Waals surface area contributed by atoms with Gasteiger partial charge in [-0.15, -0.1) is 11.3 Å². The highest BCUT2D eigenvalue weighted by molar-refractivity contribution is 9.10. The zero-order valence-corrected chi connectivity index (χ0v) is 9.81. The van der Waals surface area contributed by atoms with Crippen LogP contribution < -0.4 is 5.73 Å². The monoisotopic (exact) mass is 268 g/mol. The Hall–Kier alpha value is -0.870. The van der Waals surface area contributed by atoms with Crippen LogP contribution in [0.2, 0.25) is 0 Å². The van der Waals surface area contributed by atoms with Gasteiger partial charge in [0.2, 0.25) is 0 Å². The van der Waals surface area contributed by atoms with E-state index in [1.165, 1.54) is 16.9 Å². The third-order valence-electron chi connectivity index (χ3n) is 1.90. The number of nitrogen functional groups attached to an aromatic ring is 1. The number of rotatable bonds is 2. The van der Waals surface area contributed by atoms with Gasteiger partial charge in [-0.2, -0.15) is 0 Å². The number of benzene rings is 1. The zero-order valence-electron chi connectivity index (χ0n) is 7.40. The van der Waals surface area contributed by atoms with Crippen molar-refractivity contribution >= 4 is 32.4 Å². The highest BCUT2D eigenvalue weighted by atomic mass is 79.9. The molecule has 72 valence electrons. The smallest absolute Gasteiger partial charge is 0.180 e. The van der Waals surface area contributed by atoms with Gasteiger partial charge in [0.25, 0.3) is 0 Å². The molecule has 0 atom stereocenters. The Morgan fingerprint density at radius 3 is 2.79 bits per heavy atom. The molecule has 0 unspecified atom stereocenters. The summed E-state index contributed by atoms with van der Waals surface area (Å²) in [5, 5.41) is 2.63. The molecule has 0 aliphatic heterocycles. The van der Waals surface area contributed by atoms with Crippen molar-refractivity contribution in [2.45, 2.75) is 6.42 Å². The lowest BCUT2D eigenvalue weighted by molar-refractivity contribution is 1.10. The summed E-state index contributed by atoms with van der Waals surface area (Å²) in [5.41, 5.74) is 7.83. The van der Waals surface area contributed by atoms with E-state index in [1.54, 1.807) is 0 Å². The fraction of sp³-hybridized carbons (Fsp3) is 0.100. The molecule has 2 aromatic rings. The molecule has 2 nitrogen and oxygen atoms in total. The first kappa shape index (κ1) is 9.68.